The number of hydrogen-bond donors (Lipinski definition) is 1. The molecule has 5 heteroatoms. The molecule has 1 aliphatic heterocycles. The van der Waals surface area contributed by atoms with Crippen molar-refractivity contribution >= 4 is 0 Å². The van der Waals surface area contributed by atoms with Crippen molar-refractivity contribution in [3.8, 4) is 0 Å². The number of aliphatic hydroxyl groups is 1. The third-order valence-electron chi connectivity index (χ3n) is 4.36. The molecule has 0 spiro atoms. The molecule has 1 atom stereocenters. The first kappa shape index (κ1) is 15.5. The molecule has 0 aromatic carbocycles. The Bertz CT molecular complexity index is 369. The highest BCUT2D eigenvalue weighted by atomic mass is 16.5. The molecule has 5 nitrogen and oxygen atoms in total. The summed E-state index contributed by atoms with van der Waals surface area (Å²) in [6.45, 7) is 5.26. The molecule has 2 heterocycles. The fourth-order valence-corrected chi connectivity index (χ4v) is 3.13. The minimum atomic E-state index is 0.0449. The molecular weight excluding hydrogens is 254 g/mol. The highest BCUT2D eigenvalue weighted by Crippen LogP contribution is 2.33. The van der Waals surface area contributed by atoms with Gasteiger partial charge in [-0.2, -0.15) is 0 Å². The molecule has 1 aromatic heterocycles. The van der Waals surface area contributed by atoms with Crippen molar-refractivity contribution in [3.05, 3.63) is 18.7 Å². The van der Waals surface area contributed by atoms with Crippen molar-refractivity contribution in [2.45, 2.75) is 32.2 Å². The molecule has 114 valence electrons. The summed E-state index contributed by atoms with van der Waals surface area (Å²) in [6, 6.07) is 0. The van der Waals surface area contributed by atoms with Crippen LogP contribution in [0.1, 0.15) is 25.7 Å². The van der Waals surface area contributed by atoms with E-state index in [4.69, 9.17) is 4.74 Å². The Labute approximate surface area is 121 Å². The van der Waals surface area contributed by atoms with Crippen molar-refractivity contribution in [1.82, 2.24) is 14.5 Å². The third-order valence-corrected chi connectivity index (χ3v) is 4.36. The summed E-state index contributed by atoms with van der Waals surface area (Å²) in [5.74, 6) is 0. The van der Waals surface area contributed by atoms with Crippen LogP contribution in [-0.4, -0.2) is 59.5 Å². The Kier molecular flexibility index (Phi) is 6.01. The van der Waals surface area contributed by atoms with Gasteiger partial charge in [0, 0.05) is 44.6 Å². The molecule has 1 aliphatic rings. The van der Waals surface area contributed by atoms with Gasteiger partial charge in [0.15, 0.2) is 0 Å². The number of ether oxygens (including phenoxy) is 1. The van der Waals surface area contributed by atoms with Crippen LogP contribution in [-0.2, 0) is 11.3 Å². The summed E-state index contributed by atoms with van der Waals surface area (Å²) in [7, 11) is 1.73. The van der Waals surface area contributed by atoms with Gasteiger partial charge >= 0.3 is 0 Å². The van der Waals surface area contributed by atoms with E-state index in [1.165, 1.54) is 6.42 Å². The van der Waals surface area contributed by atoms with Gasteiger partial charge < -0.3 is 19.3 Å². The topological polar surface area (TPSA) is 50.5 Å². The maximum absolute atomic E-state index is 9.77. The average Bonchev–Trinajstić information content (AvgIpc) is 2.99. The van der Waals surface area contributed by atoms with E-state index in [2.05, 4.69) is 14.5 Å². The number of aromatic nitrogens is 2. The molecule has 0 saturated carbocycles. The van der Waals surface area contributed by atoms with Gasteiger partial charge in [-0.25, -0.2) is 4.98 Å². The van der Waals surface area contributed by atoms with Crippen LogP contribution in [0, 0.1) is 5.41 Å². The number of imidazole rings is 1. The number of nitrogens with zero attached hydrogens (tertiary/aromatic N) is 3. The van der Waals surface area contributed by atoms with Gasteiger partial charge in [-0.15, -0.1) is 0 Å². The maximum Gasteiger partial charge on any atom is 0.0945 e. The van der Waals surface area contributed by atoms with Crippen LogP contribution in [0.5, 0.6) is 0 Å². The van der Waals surface area contributed by atoms with Crippen LogP contribution < -0.4 is 0 Å². The number of likely N-dealkylation sites (tertiary alicyclic amines) is 1. The van der Waals surface area contributed by atoms with Crippen molar-refractivity contribution in [1.29, 1.82) is 0 Å². The molecule has 1 N–H and O–H groups in total. The Hall–Kier alpha value is -0.910. The normalized spacial score (nSPS) is 24.1. The van der Waals surface area contributed by atoms with Crippen LogP contribution in [0.3, 0.4) is 0 Å². The largest absolute Gasteiger partial charge is 0.396 e. The fourth-order valence-electron chi connectivity index (χ4n) is 3.13. The average molecular weight is 281 g/mol. The van der Waals surface area contributed by atoms with Crippen molar-refractivity contribution in [3.63, 3.8) is 0 Å². The number of aryl methyl sites for hydroxylation is 1. The lowest BCUT2D eigenvalue weighted by molar-refractivity contribution is 0.00696. The molecule has 1 aromatic rings. The number of methoxy groups -OCH3 is 1. The first-order valence-corrected chi connectivity index (χ1v) is 7.56. The molecule has 2 rings (SSSR count). The second kappa shape index (κ2) is 7.76. The lowest BCUT2D eigenvalue weighted by Crippen LogP contribution is -2.46. The van der Waals surface area contributed by atoms with Gasteiger partial charge in [0.05, 0.1) is 12.9 Å². The van der Waals surface area contributed by atoms with E-state index >= 15 is 0 Å². The van der Waals surface area contributed by atoms with Crippen molar-refractivity contribution in [2.75, 3.05) is 40.0 Å². The van der Waals surface area contributed by atoms with Gasteiger partial charge in [0.1, 0.15) is 0 Å². The summed E-state index contributed by atoms with van der Waals surface area (Å²) in [4.78, 5) is 6.55. The second-order valence-corrected chi connectivity index (χ2v) is 5.93. The van der Waals surface area contributed by atoms with Crippen molar-refractivity contribution in [2.24, 2.45) is 5.41 Å². The molecule has 1 fully saturated rings. The first-order valence-electron chi connectivity index (χ1n) is 7.56. The minimum Gasteiger partial charge on any atom is -0.396 e. The van der Waals surface area contributed by atoms with E-state index in [9.17, 15) is 5.11 Å². The van der Waals surface area contributed by atoms with Crippen LogP contribution >= 0.6 is 0 Å². The number of piperidine rings is 1. The molecule has 0 amide bonds. The first-order chi connectivity index (χ1) is 9.78. The van der Waals surface area contributed by atoms with Crippen LogP contribution in [0.4, 0.5) is 0 Å². The van der Waals surface area contributed by atoms with Gasteiger partial charge in [-0.1, -0.05) is 0 Å². The lowest BCUT2D eigenvalue weighted by Gasteiger charge is -2.42. The quantitative estimate of drug-likeness (QED) is 0.782. The Morgan fingerprint density at radius 2 is 2.30 bits per heavy atom. The third kappa shape index (κ3) is 4.30. The van der Waals surface area contributed by atoms with Crippen LogP contribution in [0.15, 0.2) is 18.7 Å². The zero-order chi connectivity index (χ0) is 14.3. The van der Waals surface area contributed by atoms with E-state index in [-0.39, 0.29) is 12.0 Å². The van der Waals surface area contributed by atoms with Gasteiger partial charge in [-0.05, 0) is 38.8 Å². The Morgan fingerprint density at radius 3 is 3.00 bits per heavy atom. The van der Waals surface area contributed by atoms with E-state index in [0.29, 0.717) is 0 Å². The number of rotatable bonds is 8. The van der Waals surface area contributed by atoms with Gasteiger partial charge in [-0.3, -0.25) is 0 Å². The fraction of sp³-hybridized carbons (Fsp3) is 0.800. The highest BCUT2D eigenvalue weighted by molar-refractivity contribution is 4.87. The smallest absolute Gasteiger partial charge is 0.0945 e. The summed E-state index contributed by atoms with van der Waals surface area (Å²) < 4.78 is 7.32. The Balaban J connectivity index is 1.77. The van der Waals surface area contributed by atoms with Crippen molar-refractivity contribution < 1.29 is 9.84 Å². The second-order valence-electron chi connectivity index (χ2n) is 5.93. The SMILES string of the molecule is COCC[C@]1(CO)CCCN(CCCn2ccnc2)C1. The maximum atomic E-state index is 9.77. The number of hydrogen-bond acceptors (Lipinski definition) is 4. The predicted octanol–water partition coefficient (Wildman–Crippen LogP) is 1.38. The zero-order valence-electron chi connectivity index (χ0n) is 12.5. The summed E-state index contributed by atoms with van der Waals surface area (Å²) in [5, 5.41) is 9.77. The summed E-state index contributed by atoms with van der Waals surface area (Å²) in [6.07, 6.45) is 10.1. The molecule has 0 unspecified atom stereocenters. The van der Waals surface area contributed by atoms with Crippen LogP contribution in [0.25, 0.3) is 0 Å². The Morgan fingerprint density at radius 1 is 1.40 bits per heavy atom. The summed E-state index contributed by atoms with van der Waals surface area (Å²) in [5.41, 5.74) is 0.0449. The van der Waals surface area contributed by atoms with Gasteiger partial charge in [0.2, 0.25) is 0 Å². The standard InChI is InChI=1S/C15H27N3O2/c1-20-11-5-15(13-19)4-2-7-17(12-15)8-3-9-18-10-6-16-14-18/h6,10,14,19H,2-5,7-9,11-13H2,1H3/t15-/m1/s1. The summed E-state index contributed by atoms with van der Waals surface area (Å²) >= 11 is 0. The van der Waals surface area contributed by atoms with Gasteiger partial charge in [0.25, 0.3) is 0 Å². The lowest BCUT2D eigenvalue weighted by atomic mass is 9.78. The zero-order valence-corrected chi connectivity index (χ0v) is 12.5. The predicted molar refractivity (Wildman–Crippen MR) is 78.5 cm³/mol. The van der Waals surface area contributed by atoms with E-state index in [1.807, 2.05) is 18.7 Å². The molecule has 1 saturated heterocycles. The van der Waals surface area contributed by atoms with E-state index in [0.717, 1.165) is 52.0 Å². The van der Waals surface area contributed by atoms with Crippen LogP contribution in [0.2, 0.25) is 0 Å². The molecular formula is C15H27N3O2. The molecule has 0 aliphatic carbocycles. The number of aliphatic hydroxyl groups excluding tert-OH is 1. The van der Waals surface area contributed by atoms with E-state index < -0.39 is 0 Å². The molecule has 20 heavy (non-hydrogen) atoms. The molecule has 0 radical (unpaired) electrons. The highest BCUT2D eigenvalue weighted by Gasteiger charge is 2.34. The van der Waals surface area contributed by atoms with E-state index in [1.54, 1.807) is 7.11 Å². The molecule has 0 bridgehead atoms. The monoisotopic (exact) mass is 281 g/mol. The minimum absolute atomic E-state index is 0.0449.